The lowest BCUT2D eigenvalue weighted by Gasteiger charge is -2.10. The molecule has 0 aliphatic carbocycles. The van der Waals surface area contributed by atoms with Gasteiger partial charge < -0.3 is 9.97 Å². The lowest BCUT2D eigenvalue weighted by Crippen LogP contribution is -1.90. The standard InChI is InChI=1S/C41H27N3/c1-3-20-38-32(14-1)34-18-7-16-30(40(34)43-38)26-10-5-12-28(24-26)36-22-9-23-37(42-36)29-13-6-11-27(25-29)31-17-8-19-35-33-15-2-4-21-39(33)44-41(31)35/h1-25,43-44H. The Balaban J connectivity index is 1.11. The van der Waals surface area contributed by atoms with Crippen LogP contribution in [0.4, 0.5) is 0 Å². The minimum atomic E-state index is 0.955. The van der Waals surface area contributed by atoms with E-state index in [1.807, 2.05) is 0 Å². The fraction of sp³-hybridized carbons (Fsp3) is 0. The molecule has 3 heterocycles. The first-order chi connectivity index (χ1) is 21.8. The van der Waals surface area contributed by atoms with Crippen molar-refractivity contribution in [3.63, 3.8) is 0 Å². The second-order valence-electron chi connectivity index (χ2n) is 11.4. The number of rotatable bonds is 4. The number of aromatic amines is 2. The van der Waals surface area contributed by atoms with Crippen molar-refractivity contribution in [3.8, 4) is 44.8 Å². The van der Waals surface area contributed by atoms with Gasteiger partial charge in [0.25, 0.3) is 0 Å². The van der Waals surface area contributed by atoms with E-state index in [2.05, 4.69) is 162 Å². The van der Waals surface area contributed by atoms with Crippen LogP contribution >= 0.6 is 0 Å². The Kier molecular flexibility index (Phi) is 5.50. The molecule has 0 radical (unpaired) electrons. The van der Waals surface area contributed by atoms with Crippen molar-refractivity contribution in [1.29, 1.82) is 0 Å². The Morgan fingerprint density at radius 2 is 0.750 bits per heavy atom. The van der Waals surface area contributed by atoms with Gasteiger partial charge in [0.2, 0.25) is 0 Å². The molecular weight excluding hydrogens is 534 g/mol. The number of H-pyrrole nitrogens is 2. The van der Waals surface area contributed by atoms with Crippen molar-refractivity contribution in [1.82, 2.24) is 15.0 Å². The summed E-state index contributed by atoms with van der Waals surface area (Å²) in [6.45, 7) is 0. The molecule has 9 aromatic rings. The molecule has 0 aliphatic rings. The maximum absolute atomic E-state index is 5.16. The number of pyridine rings is 1. The van der Waals surface area contributed by atoms with Gasteiger partial charge in [-0.3, -0.25) is 0 Å². The molecule has 206 valence electrons. The first-order valence-corrected chi connectivity index (χ1v) is 15.0. The number of nitrogens with zero attached hydrogens (tertiary/aromatic N) is 1. The SMILES string of the molecule is c1cc(-c2cccc(-c3cccc(-c4cccc5c4[nH]c4ccccc45)c3)n2)cc(-c2cccc3c2[nH]c2ccccc23)c1. The molecule has 3 heteroatoms. The molecule has 0 bridgehead atoms. The van der Waals surface area contributed by atoms with E-state index < -0.39 is 0 Å². The molecule has 0 aliphatic heterocycles. The Hall–Kier alpha value is -5.93. The molecule has 0 atom stereocenters. The van der Waals surface area contributed by atoms with Crippen molar-refractivity contribution in [2.75, 3.05) is 0 Å². The van der Waals surface area contributed by atoms with Crippen LogP contribution in [0.2, 0.25) is 0 Å². The van der Waals surface area contributed by atoms with Crippen molar-refractivity contribution >= 4 is 43.6 Å². The van der Waals surface area contributed by atoms with E-state index >= 15 is 0 Å². The maximum atomic E-state index is 5.16. The second-order valence-corrected chi connectivity index (χ2v) is 11.4. The molecule has 0 fully saturated rings. The van der Waals surface area contributed by atoms with Gasteiger partial charge in [0.05, 0.1) is 22.4 Å². The lowest BCUT2D eigenvalue weighted by atomic mass is 9.98. The minimum Gasteiger partial charge on any atom is -0.354 e. The highest BCUT2D eigenvalue weighted by Crippen LogP contribution is 2.36. The minimum absolute atomic E-state index is 0.955. The number of aromatic nitrogens is 3. The predicted octanol–water partition coefficient (Wildman–Crippen LogP) is 11.0. The number of fused-ring (bicyclic) bond motifs is 6. The number of para-hydroxylation sites is 4. The summed E-state index contributed by atoms with van der Waals surface area (Å²) in [7, 11) is 0. The van der Waals surface area contributed by atoms with Crippen LogP contribution in [0.5, 0.6) is 0 Å². The monoisotopic (exact) mass is 561 g/mol. The molecule has 3 nitrogen and oxygen atoms in total. The van der Waals surface area contributed by atoms with Gasteiger partial charge in [-0.25, -0.2) is 4.98 Å². The lowest BCUT2D eigenvalue weighted by molar-refractivity contribution is 1.32. The Morgan fingerprint density at radius 1 is 0.341 bits per heavy atom. The van der Waals surface area contributed by atoms with Gasteiger partial charge in [0.15, 0.2) is 0 Å². The van der Waals surface area contributed by atoms with E-state index in [4.69, 9.17) is 4.98 Å². The normalized spacial score (nSPS) is 11.6. The summed E-state index contributed by atoms with van der Waals surface area (Å²) in [5.41, 5.74) is 13.4. The largest absolute Gasteiger partial charge is 0.354 e. The van der Waals surface area contributed by atoms with Gasteiger partial charge in [-0.15, -0.1) is 0 Å². The Labute approximate surface area is 254 Å². The molecule has 0 saturated carbocycles. The smallest absolute Gasteiger partial charge is 0.0709 e. The number of benzene rings is 6. The van der Waals surface area contributed by atoms with E-state index in [9.17, 15) is 0 Å². The third kappa shape index (κ3) is 3.94. The topological polar surface area (TPSA) is 44.5 Å². The summed E-state index contributed by atoms with van der Waals surface area (Å²) in [6, 6.07) is 53.8. The van der Waals surface area contributed by atoms with Gasteiger partial charge in [-0.2, -0.15) is 0 Å². The third-order valence-electron chi connectivity index (χ3n) is 8.77. The van der Waals surface area contributed by atoms with Gasteiger partial charge >= 0.3 is 0 Å². The van der Waals surface area contributed by atoms with Crippen molar-refractivity contribution in [2.45, 2.75) is 0 Å². The maximum Gasteiger partial charge on any atom is 0.0709 e. The molecule has 0 saturated heterocycles. The van der Waals surface area contributed by atoms with Crippen molar-refractivity contribution in [3.05, 3.63) is 152 Å². The van der Waals surface area contributed by atoms with Crippen molar-refractivity contribution in [2.24, 2.45) is 0 Å². The molecule has 9 rings (SSSR count). The quantitative estimate of drug-likeness (QED) is 0.221. The number of hydrogen-bond donors (Lipinski definition) is 2. The average Bonchev–Trinajstić information content (AvgIpc) is 3.67. The molecule has 0 unspecified atom stereocenters. The first-order valence-electron chi connectivity index (χ1n) is 15.0. The van der Waals surface area contributed by atoms with E-state index in [1.165, 1.54) is 43.8 Å². The Bertz CT molecular complexity index is 2340. The molecule has 3 aromatic heterocycles. The van der Waals surface area contributed by atoms with Crippen LogP contribution in [-0.4, -0.2) is 15.0 Å². The summed E-state index contributed by atoms with van der Waals surface area (Å²) in [5, 5.41) is 4.98. The zero-order valence-corrected chi connectivity index (χ0v) is 23.9. The van der Waals surface area contributed by atoms with Crippen LogP contribution in [0.25, 0.3) is 88.4 Å². The average molecular weight is 562 g/mol. The number of nitrogens with one attached hydrogen (secondary N) is 2. The van der Waals surface area contributed by atoms with Gasteiger partial charge in [0, 0.05) is 54.8 Å². The van der Waals surface area contributed by atoms with Gasteiger partial charge in [0.1, 0.15) is 0 Å². The molecular formula is C41H27N3. The summed E-state index contributed by atoms with van der Waals surface area (Å²) in [6.07, 6.45) is 0. The number of hydrogen-bond acceptors (Lipinski definition) is 1. The van der Waals surface area contributed by atoms with Gasteiger partial charge in [-0.1, -0.05) is 115 Å². The molecule has 44 heavy (non-hydrogen) atoms. The third-order valence-corrected chi connectivity index (χ3v) is 8.77. The van der Waals surface area contributed by atoms with Crippen LogP contribution in [0.3, 0.4) is 0 Å². The molecule has 0 amide bonds. The fourth-order valence-corrected chi connectivity index (χ4v) is 6.68. The van der Waals surface area contributed by atoms with E-state index in [-0.39, 0.29) is 0 Å². The summed E-state index contributed by atoms with van der Waals surface area (Å²) in [4.78, 5) is 12.5. The zero-order chi connectivity index (χ0) is 29.0. The highest BCUT2D eigenvalue weighted by atomic mass is 14.7. The molecule has 0 spiro atoms. The Morgan fingerprint density at radius 3 is 1.27 bits per heavy atom. The highest BCUT2D eigenvalue weighted by molar-refractivity contribution is 6.13. The summed E-state index contributed by atoms with van der Waals surface area (Å²) in [5.74, 6) is 0. The van der Waals surface area contributed by atoms with E-state index in [1.54, 1.807) is 0 Å². The zero-order valence-electron chi connectivity index (χ0n) is 23.9. The summed E-state index contributed by atoms with van der Waals surface area (Å²) < 4.78 is 0. The first kappa shape index (κ1) is 24.6. The van der Waals surface area contributed by atoms with Gasteiger partial charge in [-0.05, 0) is 47.5 Å². The van der Waals surface area contributed by atoms with Crippen molar-refractivity contribution < 1.29 is 0 Å². The fourth-order valence-electron chi connectivity index (χ4n) is 6.68. The molecule has 2 N–H and O–H groups in total. The predicted molar refractivity (Wildman–Crippen MR) is 185 cm³/mol. The molecule has 6 aromatic carbocycles. The van der Waals surface area contributed by atoms with Crippen LogP contribution in [0, 0.1) is 0 Å². The second kappa shape index (κ2) is 9.82. The van der Waals surface area contributed by atoms with E-state index in [0.29, 0.717) is 0 Å². The van der Waals surface area contributed by atoms with Crippen LogP contribution < -0.4 is 0 Å². The highest BCUT2D eigenvalue weighted by Gasteiger charge is 2.13. The van der Waals surface area contributed by atoms with Crippen LogP contribution in [0.1, 0.15) is 0 Å². The van der Waals surface area contributed by atoms with E-state index in [0.717, 1.165) is 44.6 Å². The van der Waals surface area contributed by atoms with Crippen LogP contribution in [-0.2, 0) is 0 Å². The summed E-state index contributed by atoms with van der Waals surface area (Å²) >= 11 is 0. The van der Waals surface area contributed by atoms with Crippen LogP contribution in [0.15, 0.2) is 152 Å².